The van der Waals surface area contributed by atoms with Crippen molar-refractivity contribution >= 4 is 34.2 Å². The summed E-state index contributed by atoms with van der Waals surface area (Å²) in [5.74, 6) is -0.859. The molecule has 0 saturated carbocycles. The van der Waals surface area contributed by atoms with Gasteiger partial charge in [0.15, 0.2) is 0 Å². The number of nitrogens with zero attached hydrogens (tertiary/aromatic N) is 2. The number of sulfonamides is 1. The molecule has 2 amide bonds. The second-order valence-electron chi connectivity index (χ2n) is 3.90. The van der Waals surface area contributed by atoms with Gasteiger partial charge < -0.3 is 0 Å². The van der Waals surface area contributed by atoms with Gasteiger partial charge in [-0.25, -0.2) is 4.90 Å². The van der Waals surface area contributed by atoms with Gasteiger partial charge in [-0.15, -0.1) is 0 Å². The SMILES string of the molecule is C=NS(=O)(=O)c1ccc(N2C(=O)C=C(C)C2=O)cc1. The lowest BCUT2D eigenvalue weighted by molar-refractivity contribution is -0.120. The van der Waals surface area contributed by atoms with E-state index in [9.17, 15) is 18.0 Å². The highest BCUT2D eigenvalue weighted by Crippen LogP contribution is 2.24. The van der Waals surface area contributed by atoms with Gasteiger partial charge in [-0.05, 0) is 31.2 Å². The van der Waals surface area contributed by atoms with Crippen LogP contribution >= 0.6 is 0 Å². The molecular weight excluding hydrogens is 268 g/mol. The Morgan fingerprint density at radius 1 is 1.16 bits per heavy atom. The molecule has 0 radical (unpaired) electrons. The molecule has 2 rings (SSSR count). The van der Waals surface area contributed by atoms with Crippen LogP contribution in [0.1, 0.15) is 6.92 Å². The van der Waals surface area contributed by atoms with Crippen molar-refractivity contribution < 1.29 is 18.0 Å². The molecule has 6 nitrogen and oxygen atoms in total. The van der Waals surface area contributed by atoms with Gasteiger partial charge in [0.2, 0.25) is 0 Å². The summed E-state index contributed by atoms with van der Waals surface area (Å²) in [6.07, 6.45) is 1.23. The lowest BCUT2D eigenvalue weighted by atomic mass is 10.3. The first kappa shape index (κ1) is 13.2. The van der Waals surface area contributed by atoms with Crippen molar-refractivity contribution in [3.63, 3.8) is 0 Å². The van der Waals surface area contributed by atoms with E-state index in [1.165, 1.54) is 30.3 Å². The van der Waals surface area contributed by atoms with Gasteiger partial charge in [-0.3, -0.25) is 9.59 Å². The highest BCUT2D eigenvalue weighted by Gasteiger charge is 2.29. The molecule has 1 aliphatic heterocycles. The van der Waals surface area contributed by atoms with Crippen LogP contribution in [-0.4, -0.2) is 26.9 Å². The molecule has 0 N–H and O–H groups in total. The molecule has 0 bridgehead atoms. The minimum absolute atomic E-state index is 0.0463. The fourth-order valence-electron chi connectivity index (χ4n) is 1.67. The minimum Gasteiger partial charge on any atom is -0.269 e. The number of amides is 2. The van der Waals surface area contributed by atoms with Gasteiger partial charge in [0.1, 0.15) is 0 Å². The van der Waals surface area contributed by atoms with Gasteiger partial charge in [0, 0.05) is 18.4 Å². The number of benzene rings is 1. The predicted octanol–water partition coefficient (Wildman–Crippen LogP) is 0.895. The van der Waals surface area contributed by atoms with Crippen LogP contribution < -0.4 is 4.90 Å². The molecule has 0 saturated heterocycles. The van der Waals surface area contributed by atoms with Crippen molar-refractivity contribution in [1.82, 2.24) is 0 Å². The maximum absolute atomic E-state index is 11.7. The first-order valence-corrected chi connectivity index (χ1v) is 6.70. The van der Waals surface area contributed by atoms with Crippen LogP contribution in [0.25, 0.3) is 0 Å². The smallest absolute Gasteiger partial charge is 0.269 e. The molecule has 0 aliphatic carbocycles. The highest BCUT2D eigenvalue weighted by atomic mass is 32.2. The molecule has 1 aromatic carbocycles. The zero-order valence-electron chi connectivity index (χ0n) is 10.0. The Morgan fingerprint density at radius 3 is 2.16 bits per heavy atom. The maximum atomic E-state index is 11.7. The number of imide groups is 1. The van der Waals surface area contributed by atoms with Crippen molar-refractivity contribution in [2.75, 3.05) is 4.90 Å². The molecular formula is C12H10N2O4S. The number of rotatable bonds is 3. The van der Waals surface area contributed by atoms with Crippen LogP contribution in [0, 0.1) is 0 Å². The first-order valence-electron chi connectivity index (χ1n) is 5.26. The van der Waals surface area contributed by atoms with Crippen molar-refractivity contribution in [3.05, 3.63) is 35.9 Å². The summed E-state index contributed by atoms with van der Waals surface area (Å²) in [5.41, 5.74) is 0.653. The Morgan fingerprint density at radius 2 is 1.74 bits per heavy atom. The number of carbonyl (C=O) groups excluding carboxylic acids is 2. The third kappa shape index (κ3) is 2.19. The molecule has 1 aliphatic rings. The van der Waals surface area contributed by atoms with Gasteiger partial charge in [0.25, 0.3) is 21.8 Å². The molecule has 0 unspecified atom stereocenters. The van der Waals surface area contributed by atoms with Crippen LogP contribution in [0.4, 0.5) is 5.69 Å². The van der Waals surface area contributed by atoms with Crippen LogP contribution in [0.15, 0.2) is 45.2 Å². The maximum Gasteiger partial charge on any atom is 0.281 e. The van der Waals surface area contributed by atoms with E-state index in [0.717, 1.165) is 4.90 Å². The topological polar surface area (TPSA) is 83.9 Å². The number of anilines is 1. The van der Waals surface area contributed by atoms with Gasteiger partial charge in [0.05, 0.1) is 10.6 Å². The fraction of sp³-hybridized carbons (Fsp3) is 0.0833. The molecule has 0 fully saturated rings. The summed E-state index contributed by atoms with van der Waals surface area (Å²) in [7, 11) is -3.76. The largest absolute Gasteiger partial charge is 0.281 e. The number of hydrogen-bond acceptors (Lipinski definition) is 4. The molecule has 1 heterocycles. The molecule has 7 heteroatoms. The average molecular weight is 278 g/mol. The van der Waals surface area contributed by atoms with E-state index in [-0.39, 0.29) is 4.90 Å². The van der Waals surface area contributed by atoms with E-state index in [1.807, 2.05) is 0 Å². The normalized spacial score (nSPS) is 15.6. The lowest BCUT2D eigenvalue weighted by Crippen LogP contribution is -2.30. The Hall–Kier alpha value is -2.28. The van der Waals surface area contributed by atoms with Crippen molar-refractivity contribution in [2.24, 2.45) is 4.40 Å². The second kappa shape index (κ2) is 4.43. The molecule has 0 spiro atoms. The van der Waals surface area contributed by atoms with Gasteiger partial charge in [-0.1, -0.05) is 0 Å². The quantitative estimate of drug-likeness (QED) is 0.607. The summed E-state index contributed by atoms with van der Waals surface area (Å²) in [6, 6.07) is 5.29. The summed E-state index contributed by atoms with van der Waals surface area (Å²) >= 11 is 0. The zero-order valence-corrected chi connectivity index (χ0v) is 10.8. The first-order chi connectivity index (χ1) is 8.86. The third-order valence-electron chi connectivity index (χ3n) is 2.66. The second-order valence-corrected chi connectivity index (χ2v) is 5.58. The number of hydrogen-bond donors (Lipinski definition) is 0. The molecule has 0 aromatic heterocycles. The summed E-state index contributed by atoms with van der Waals surface area (Å²) in [4.78, 5) is 24.3. The Bertz CT molecular complexity index is 702. The number of carbonyl (C=O) groups is 2. The Balaban J connectivity index is 2.38. The van der Waals surface area contributed by atoms with Crippen LogP contribution in [-0.2, 0) is 19.6 Å². The van der Waals surface area contributed by atoms with E-state index in [1.54, 1.807) is 6.92 Å². The molecule has 98 valence electrons. The Labute approximate surface area is 110 Å². The van der Waals surface area contributed by atoms with Crippen LogP contribution in [0.5, 0.6) is 0 Å². The molecule has 19 heavy (non-hydrogen) atoms. The summed E-state index contributed by atoms with van der Waals surface area (Å²) in [6.45, 7) is 4.52. The van der Waals surface area contributed by atoms with Crippen LogP contribution in [0.2, 0.25) is 0 Å². The van der Waals surface area contributed by atoms with Crippen molar-refractivity contribution in [1.29, 1.82) is 0 Å². The summed E-state index contributed by atoms with van der Waals surface area (Å²) in [5, 5.41) is 0. The minimum atomic E-state index is -3.76. The Kier molecular flexibility index (Phi) is 3.07. The molecule has 0 atom stereocenters. The van der Waals surface area contributed by atoms with E-state index in [2.05, 4.69) is 11.1 Å². The van der Waals surface area contributed by atoms with Gasteiger partial charge in [-0.2, -0.15) is 12.8 Å². The van der Waals surface area contributed by atoms with E-state index < -0.39 is 21.8 Å². The zero-order chi connectivity index (χ0) is 14.2. The van der Waals surface area contributed by atoms with Crippen molar-refractivity contribution in [3.8, 4) is 0 Å². The monoisotopic (exact) mass is 278 g/mol. The summed E-state index contributed by atoms with van der Waals surface area (Å²) < 4.78 is 25.9. The molecule has 1 aromatic rings. The standard InChI is InChI=1S/C12H10N2O4S/c1-8-7-11(15)14(12(8)16)9-3-5-10(6-4-9)19(17,18)13-2/h3-7H,2H2,1H3. The fourth-order valence-corrected chi connectivity index (χ4v) is 2.30. The lowest BCUT2D eigenvalue weighted by Gasteiger charge is -2.14. The van der Waals surface area contributed by atoms with E-state index in [0.29, 0.717) is 11.3 Å². The van der Waals surface area contributed by atoms with E-state index >= 15 is 0 Å². The van der Waals surface area contributed by atoms with Crippen molar-refractivity contribution in [2.45, 2.75) is 11.8 Å². The van der Waals surface area contributed by atoms with E-state index in [4.69, 9.17) is 0 Å². The van der Waals surface area contributed by atoms with Gasteiger partial charge >= 0.3 is 0 Å². The highest BCUT2D eigenvalue weighted by molar-refractivity contribution is 7.90. The average Bonchev–Trinajstić information content (AvgIpc) is 2.63. The third-order valence-corrected chi connectivity index (χ3v) is 3.87. The van der Waals surface area contributed by atoms with Crippen LogP contribution in [0.3, 0.4) is 0 Å². The predicted molar refractivity (Wildman–Crippen MR) is 69.4 cm³/mol.